The van der Waals surface area contributed by atoms with Crippen molar-refractivity contribution in [3.63, 3.8) is 0 Å². The number of aliphatic hydroxyl groups is 1. The number of hydrogen-bond donors (Lipinski definition) is 4. The summed E-state index contributed by atoms with van der Waals surface area (Å²) in [6.45, 7) is 4.18. The van der Waals surface area contributed by atoms with Crippen LogP contribution in [-0.4, -0.2) is 72.1 Å². The van der Waals surface area contributed by atoms with E-state index in [4.69, 9.17) is 45.6 Å². The first-order valence-electron chi connectivity index (χ1n) is 12.7. The minimum absolute atomic E-state index is 0.0725. The van der Waals surface area contributed by atoms with Gasteiger partial charge >= 0.3 is 23.9 Å². The number of rotatable bonds is 9. The first-order valence-corrected chi connectivity index (χ1v) is 13.1. The number of aliphatic carboxylic acids is 2. The molecule has 0 spiro atoms. The van der Waals surface area contributed by atoms with Crippen molar-refractivity contribution in [3.05, 3.63) is 63.2 Å². The maximum absolute atomic E-state index is 13.0. The van der Waals surface area contributed by atoms with Crippen LogP contribution in [0, 0.1) is 0 Å². The number of benzene rings is 2. The number of carbonyl (C=O) groups excluding carboxylic acids is 2. The van der Waals surface area contributed by atoms with Crippen LogP contribution in [0.15, 0.2) is 30.3 Å². The molecule has 11 nitrogen and oxygen atoms in total. The molecule has 4 N–H and O–H groups in total. The first kappa shape index (κ1) is 32.5. The van der Waals surface area contributed by atoms with Crippen molar-refractivity contribution in [2.75, 3.05) is 26.9 Å². The maximum Gasteiger partial charge on any atom is 0.414 e. The predicted octanol–water partition coefficient (Wildman–Crippen LogP) is 3.43. The zero-order chi connectivity index (χ0) is 29.8. The van der Waals surface area contributed by atoms with Gasteiger partial charge in [0.2, 0.25) is 0 Å². The molecule has 2 aromatic rings. The number of aliphatic hydroxyl groups excluding tert-OH is 1. The number of nitrogens with one attached hydrogen (secondary N) is 1. The summed E-state index contributed by atoms with van der Waals surface area (Å²) in [5.41, 5.74) is 2.81. The van der Waals surface area contributed by atoms with Crippen molar-refractivity contribution in [2.45, 2.75) is 51.7 Å². The Hall–Kier alpha value is -3.67. The van der Waals surface area contributed by atoms with Gasteiger partial charge in [0, 0.05) is 17.6 Å². The molecule has 0 saturated heterocycles. The third-order valence-electron chi connectivity index (χ3n) is 6.13. The minimum atomic E-state index is -1.82. The van der Waals surface area contributed by atoms with Gasteiger partial charge in [-0.25, -0.2) is 19.2 Å². The molecule has 218 valence electrons. The topological polar surface area (TPSA) is 169 Å². The third-order valence-corrected chi connectivity index (χ3v) is 6.37. The van der Waals surface area contributed by atoms with Gasteiger partial charge in [0.25, 0.3) is 0 Å². The average Bonchev–Trinajstić information content (AvgIpc) is 3.12. The summed E-state index contributed by atoms with van der Waals surface area (Å²) in [5.74, 6) is -4.51. The number of carboxylic acid groups (broad SMARTS) is 2. The molecule has 1 unspecified atom stereocenters. The van der Waals surface area contributed by atoms with Crippen LogP contribution in [0.5, 0.6) is 5.75 Å². The van der Waals surface area contributed by atoms with E-state index in [1.54, 1.807) is 26.0 Å². The quantitative estimate of drug-likeness (QED) is 0.195. The average molecular weight is 580 g/mol. The molecule has 0 fully saturated rings. The first-order chi connectivity index (χ1) is 19.0. The lowest BCUT2D eigenvalue weighted by molar-refractivity contribution is -0.159. The van der Waals surface area contributed by atoms with Gasteiger partial charge in [-0.3, -0.25) is 0 Å². The van der Waals surface area contributed by atoms with Crippen molar-refractivity contribution < 1.29 is 48.7 Å². The highest BCUT2D eigenvalue weighted by atomic mass is 35.5. The molecule has 0 bridgehead atoms. The summed E-state index contributed by atoms with van der Waals surface area (Å²) in [5, 5.41) is 29.4. The van der Waals surface area contributed by atoms with Gasteiger partial charge < -0.3 is 34.8 Å². The van der Waals surface area contributed by atoms with Gasteiger partial charge in [0.15, 0.2) is 0 Å². The summed E-state index contributed by atoms with van der Waals surface area (Å²) >= 11 is 6.05. The number of esters is 2. The van der Waals surface area contributed by atoms with Crippen molar-refractivity contribution in [1.82, 2.24) is 5.32 Å². The molecule has 2 aromatic carbocycles. The van der Waals surface area contributed by atoms with Gasteiger partial charge in [-0.05, 0) is 74.4 Å². The zero-order valence-corrected chi connectivity index (χ0v) is 23.3. The summed E-state index contributed by atoms with van der Waals surface area (Å²) < 4.78 is 16.0. The maximum atomic E-state index is 13.0. The van der Waals surface area contributed by atoms with Crippen LogP contribution in [0.25, 0.3) is 0 Å². The van der Waals surface area contributed by atoms with Crippen LogP contribution in [0.1, 0.15) is 70.2 Å². The van der Waals surface area contributed by atoms with Crippen LogP contribution in [0.3, 0.4) is 0 Å². The third kappa shape index (κ3) is 8.94. The van der Waals surface area contributed by atoms with Gasteiger partial charge in [0.05, 0.1) is 32.0 Å². The lowest BCUT2D eigenvalue weighted by atomic mass is 9.91. The predicted molar refractivity (Wildman–Crippen MR) is 145 cm³/mol. The number of methoxy groups -OCH3 is 1. The van der Waals surface area contributed by atoms with E-state index in [2.05, 4.69) is 5.32 Å². The minimum Gasteiger partial charge on any atom is -0.496 e. The largest absolute Gasteiger partial charge is 0.496 e. The highest BCUT2D eigenvalue weighted by molar-refractivity contribution is 6.30. The molecule has 0 saturated carbocycles. The Morgan fingerprint density at radius 1 is 1.02 bits per heavy atom. The standard InChI is InChI=1S/C26H32ClNO6.C2H2O4/c1-4-33-25(30)23-20-11-7-10-19(28-15-21(29)16-8-6-9-18(27)12-16)13-17(20)14-22(32-3)24(23)26(31)34-5-2;3-1(4)2(5)6/h6,8-9,12,14,19,21,28-29H,4-5,7,10-11,13,15H2,1-3H3;(H,3,4)(H,5,6)/t19?,21-;/m0./s1. The zero-order valence-electron chi connectivity index (χ0n) is 22.6. The van der Waals surface area contributed by atoms with E-state index >= 15 is 0 Å². The Morgan fingerprint density at radius 2 is 1.65 bits per heavy atom. The number of fused-ring (bicyclic) bond motifs is 1. The van der Waals surface area contributed by atoms with Gasteiger partial charge in [-0.2, -0.15) is 0 Å². The Kier molecular flexibility index (Phi) is 12.9. The molecule has 1 aliphatic carbocycles. The fraction of sp³-hybridized carbons (Fsp3) is 0.429. The molecular formula is C28H34ClNO10. The molecule has 0 heterocycles. The molecule has 0 aromatic heterocycles. The Balaban J connectivity index is 0.000000840. The second kappa shape index (κ2) is 15.8. The van der Waals surface area contributed by atoms with E-state index in [1.165, 1.54) is 7.11 Å². The smallest absolute Gasteiger partial charge is 0.414 e. The van der Waals surface area contributed by atoms with E-state index < -0.39 is 30.0 Å². The Bertz CT molecular complexity index is 1200. The molecule has 2 atom stereocenters. The summed E-state index contributed by atoms with van der Waals surface area (Å²) in [4.78, 5) is 43.9. The number of carbonyl (C=O) groups is 4. The van der Waals surface area contributed by atoms with Crippen molar-refractivity contribution in [1.29, 1.82) is 0 Å². The van der Waals surface area contributed by atoms with Crippen molar-refractivity contribution in [2.24, 2.45) is 0 Å². The number of halogens is 1. The van der Waals surface area contributed by atoms with Gasteiger partial charge in [-0.1, -0.05) is 23.7 Å². The number of ether oxygens (including phenoxy) is 3. The van der Waals surface area contributed by atoms with Gasteiger partial charge in [-0.15, -0.1) is 0 Å². The molecule has 0 amide bonds. The summed E-state index contributed by atoms with van der Waals surface area (Å²) in [6, 6.07) is 9.07. The Morgan fingerprint density at radius 3 is 2.20 bits per heavy atom. The Labute approximate surface area is 237 Å². The fourth-order valence-corrected chi connectivity index (χ4v) is 4.59. The van der Waals surface area contributed by atoms with Crippen LogP contribution in [0.4, 0.5) is 0 Å². The second-order valence-electron chi connectivity index (χ2n) is 8.79. The van der Waals surface area contributed by atoms with E-state index in [9.17, 15) is 14.7 Å². The van der Waals surface area contributed by atoms with Crippen LogP contribution in [0.2, 0.25) is 5.02 Å². The molecule has 12 heteroatoms. The molecule has 1 aliphatic rings. The normalized spacial score (nSPS) is 14.9. The van der Waals surface area contributed by atoms with Crippen molar-refractivity contribution in [3.8, 4) is 5.75 Å². The van der Waals surface area contributed by atoms with Gasteiger partial charge in [0.1, 0.15) is 11.3 Å². The van der Waals surface area contributed by atoms with Crippen LogP contribution in [-0.2, 0) is 31.9 Å². The summed E-state index contributed by atoms with van der Waals surface area (Å²) in [7, 11) is 1.47. The van der Waals surface area contributed by atoms with Crippen molar-refractivity contribution >= 4 is 35.5 Å². The van der Waals surface area contributed by atoms with E-state index in [1.807, 2.05) is 18.2 Å². The molecule has 0 aliphatic heterocycles. The summed E-state index contributed by atoms with van der Waals surface area (Å²) in [6.07, 6.45) is 2.19. The van der Waals surface area contributed by atoms with E-state index in [0.29, 0.717) is 30.2 Å². The fourth-order valence-electron chi connectivity index (χ4n) is 4.39. The molecule has 40 heavy (non-hydrogen) atoms. The van der Waals surface area contributed by atoms with E-state index in [0.717, 1.165) is 29.5 Å². The lowest BCUT2D eigenvalue weighted by Gasteiger charge is -2.21. The monoisotopic (exact) mass is 579 g/mol. The lowest BCUT2D eigenvalue weighted by Crippen LogP contribution is -2.34. The molecule has 3 rings (SSSR count). The number of carboxylic acids is 2. The SMILES string of the molecule is CCOC(=O)c1c(OC)cc2c(c1C(=O)OCC)CCCC(NC[C@H](O)c1cccc(Cl)c1)C2.O=C(O)C(=O)O. The molecule has 0 radical (unpaired) electrons. The van der Waals surface area contributed by atoms with Crippen LogP contribution < -0.4 is 10.1 Å². The molecular weight excluding hydrogens is 546 g/mol. The number of hydrogen-bond acceptors (Lipinski definition) is 9. The second-order valence-corrected chi connectivity index (χ2v) is 9.23. The highest BCUT2D eigenvalue weighted by Crippen LogP contribution is 2.34. The van der Waals surface area contributed by atoms with Crippen LogP contribution >= 0.6 is 11.6 Å². The highest BCUT2D eigenvalue weighted by Gasteiger charge is 2.31. The van der Waals surface area contributed by atoms with E-state index in [-0.39, 0.29) is 30.4 Å².